The molecule has 0 saturated carbocycles. The third kappa shape index (κ3) is 2.55. The Morgan fingerprint density at radius 2 is 2.08 bits per heavy atom. The number of rotatable bonds is 2. The fourth-order valence-electron chi connectivity index (χ4n) is 0.954. The summed E-state index contributed by atoms with van der Waals surface area (Å²) in [5, 5.41) is 0.554. The Kier molecular flexibility index (Phi) is 3.12. The molecule has 0 bridgehead atoms. The molecule has 0 fully saturated rings. The molecule has 1 rings (SSSR count). The van der Waals surface area contributed by atoms with Crippen molar-refractivity contribution in [2.75, 3.05) is 0 Å². The van der Waals surface area contributed by atoms with Gasteiger partial charge in [0.05, 0.1) is 0 Å². The third-order valence-electron chi connectivity index (χ3n) is 1.63. The van der Waals surface area contributed by atoms with Crippen molar-refractivity contribution in [1.29, 1.82) is 0 Å². The minimum atomic E-state index is 0.554. The van der Waals surface area contributed by atoms with Crippen LogP contribution in [0.15, 0.2) is 42.0 Å². The van der Waals surface area contributed by atoms with E-state index in [2.05, 4.69) is 19.6 Å². The van der Waals surface area contributed by atoms with Crippen molar-refractivity contribution < 1.29 is 0 Å². The predicted octanol–water partition coefficient (Wildman–Crippen LogP) is 3.76. The highest BCUT2D eigenvalue weighted by molar-refractivity contribution is 6.31. The first-order valence-corrected chi connectivity index (χ1v) is 4.16. The number of halogens is 1. The van der Waals surface area contributed by atoms with Crippen LogP contribution in [0.3, 0.4) is 0 Å². The van der Waals surface area contributed by atoms with Crippen LogP contribution < -0.4 is 0 Å². The Bertz CT molecular complexity index is 311. The molecule has 0 radical (unpaired) electrons. The Balaban J connectivity index is 2.89. The van der Waals surface area contributed by atoms with Gasteiger partial charge in [-0.1, -0.05) is 48.5 Å². The van der Waals surface area contributed by atoms with E-state index in [4.69, 9.17) is 11.6 Å². The Morgan fingerprint density at radius 3 is 2.67 bits per heavy atom. The molecular weight excluding hydrogens is 168 g/mol. The van der Waals surface area contributed by atoms with Gasteiger partial charge in [-0.3, -0.25) is 0 Å². The van der Waals surface area contributed by atoms with E-state index < -0.39 is 0 Å². The molecule has 0 aliphatic rings. The van der Waals surface area contributed by atoms with Crippen LogP contribution in [0, 0.1) is 6.92 Å². The average Bonchev–Trinajstić information content (AvgIpc) is 2.03. The Morgan fingerprint density at radius 1 is 1.42 bits per heavy atom. The van der Waals surface area contributed by atoms with Crippen LogP contribution in [0.5, 0.6) is 0 Å². The number of aryl methyl sites for hydroxylation is 1. The fourth-order valence-corrected chi connectivity index (χ4v) is 1.02. The van der Waals surface area contributed by atoms with E-state index in [0.717, 1.165) is 0 Å². The smallest absolute Gasteiger partial charge is 0.0334 e. The number of benzene rings is 1. The van der Waals surface area contributed by atoms with Crippen LogP contribution in [-0.4, -0.2) is 0 Å². The van der Waals surface area contributed by atoms with E-state index in [1.54, 1.807) is 6.08 Å². The highest BCUT2D eigenvalue weighted by Gasteiger charge is 1.89. The van der Waals surface area contributed by atoms with Crippen molar-refractivity contribution in [3.63, 3.8) is 0 Å². The largest absolute Gasteiger partial charge is 0.0850 e. The van der Waals surface area contributed by atoms with E-state index in [-0.39, 0.29) is 0 Å². The van der Waals surface area contributed by atoms with Gasteiger partial charge in [0.15, 0.2) is 0 Å². The summed E-state index contributed by atoms with van der Waals surface area (Å²) in [6.45, 7) is 5.64. The molecule has 1 heteroatoms. The van der Waals surface area contributed by atoms with Crippen LogP contribution >= 0.6 is 11.6 Å². The van der Waals surface area contributed by atoms with Crippen LogP contribution in [0.25, 0.3) is 6.08 Å². The molecule has 0 aliphatic heterocycles. The molecular formula is C11H11Cl. The highest BCUT2D eigenvalue weighted by atomic mass is 35.5. The zero-order valence-corrected chi connectivity index (χ0v) is 7.81. The lowest BCUT2D eigenvalue weighted by Crippen LogP contribution is -1.77. The molecule has 0 aliphatic carbocycles. The lowest BCUT2D eigenvalue weighted by atomic mass is 10.1. The van der Waals surface area contributed by atoms with Gasteiger partial charge < -0.3 is 0 Å². The topological polar surface area (TPSA) is 0 Å². The van der Waals surface area contributed by atoms with Crippen molar-refractivity contribution in [1.82, 2.24) is 0 Å². The van der Waals surface area contributed by atoms with E-state index in [1.165, 1.54) is 11.1 Å². The summed E-state index contributed by atoms with van der Waals surface area (Å²) in [6, 6.07) is 8.13. The standard InChI is InChI=1S/C11H11Cl/c1-9-5-3-4-6-11(9)8-7-10(2)12/h3-8H,2H2,1H3/b8-7-. The maximum absolute atomic E-state index is 5.60. The molecule has 62 valence electrons. The van der Waals surface area contributed by atoms with Crippen molar-refractivity contribution in [3.8, 4) is 0 Å². The summed E-state index contributed by atoms with van der Waals surface area (Å²) in [4.78, 5) is 0. The van der Waals surface area contributed by atoms with Gasteiger partial charge in [0.25, 0.3) is 0 Å². The second-order valence-corrected chi connectivity index (χ2v) is 3.12. The van der Waals surface area contributed by atoms with Gasteiger partial charge >= 0.3 is 0 Å². The summed E-state index contributed by atoms with van der Waals surface area (Å²) in [6.07, 6.45) is 3.76. The van der Waals surface area contributed by atoms with Gasteiger partial charge in [-0.15, -0.1) is 0 Å². The van der Waals surface area contributed by atoms with Gasteiger partial charge in [0.1, 0.15) is 0 Å². The first kappa shape index (κ1) is 9.08. The molecule has 1 aromatic carbocycles. The van der Waals surface area contributed by atoms with Crippen molar-refractivity contribution in [3.05, 3.63) is 53.1 Å². The SMILES string of the molecule is C=C(Cl)/C=C\c1ccccc1C. The monoisotopic (exact) mass is 178 g/mol. The first-order chi connectivity index (χ1) is 5.70. The third-order valence-corrected chi connectivity index (χ3v) is 1.76. The zero-order chi connectivity index (χ0) is 8.97. The van der Waals surface area contributed by atoms with Crippen LogP contribution in [0.4, 0.5) is 0 Å². The van der Waals surface area contributed by atoms with E-state index in [9.17, 15) is 0 Å². The normalized spacial score (nSPS) is 10.5. The molecule has 0 N–H and O–H groups in total. The zero-order valence-electron chi connectivity index (χ0n) is 7.05. The second kappa shape index (κ2) is 4.13. The fraction of sp³-hybridized carbons (Fsp3) is 0.0909. The molecule has 0 amide bonds. The maximum atomic E-state index is 5.60. The lowest BCUT2D eigenvalue weighted by molar-refractivity contribution is 1.44. The Labute approximate surface area is 78.2 Å². The maximum Gasteiger partial charge on any atom is 0.0334 e. The molecule has 0 nitrogen and oxygen atoms in total. The van der Waals surface area contributed by atoms with Crippen LogP contribution in [0.1, 0.15) is 11.1 Å². The second-order valence-electron chi connectivity index (χ2n) is 2.64. The quantitative estimate of drug-likeness (QED) is 0.605. The molecule has 0 aromatic heterocycles. The number of hydrogen-bond acceptors (Lipinski definition) is 0. The molecule has 0 heterocycles. The van der Waals surface area contributed by atoms with Gasteiger partial charge in [-0.25, -0.2) is 0 Å². The van der Waals surface area contributed by atoms with Gasteiger partial charge in [-0.2, -0.15) is 0 Å². The number of hydrogen-bond donors (Lipinski definition) is 0. The minimum absolute atomic E-state index is 0.554. The van der Waals surface area contributed by atoms with E-state index in [0.29, 0.717) is 5.03 Å². The summed E-state index contributed by atoms with van der Waals surface area (Å²) in [5.41, 5.74) is 2.42. The molecule has 12 heavy (non-hydrogen) atoms. The molecule has 0 saturated heterocycles. The van der Waals surface area contributed by atoms with Crippen LogP contribution in [0.2, 0.25) is 0 Å². The van der Waals surface area contributed by atoms with Crippen LogP contribution in [-0.2, 0) is 0 Å². The molecule has 0 unspecified atom stereocenters. The first-order valence-electron chi connectivity index (χ1n) is 3.78. The molecule has 0 spiro atoms. The minimum Gasteiger partial charge on any atom is -0.0850 e. The van der Waals surface area contributed by atoms with Gasteiger partial charge in [0.2, 0.25) is 0 Å². The molecule has 1 aromatic rings. The molecule has 0 atom stereocenters. The summed E-state index contributed by atoms with van der Waals surface area (Å²) >= 11 is 5.60. The number of allylic oxidation sites excluding steroid dienone is 2. The van der Waals surface area contributed by atoms with E-state index >= 15 is 0 Å². The summed E-state index contributed by atoms with van der Waals surface area (Å²) in [7, 11) is 0. The average molecular weight is 179 g/mol. The highest BCUT2D eigenvalue weighted by Crippen LogP contribution is 2.10. The Hall–Kier alpha value is -1.01. The van der Waals surface area contributed by atoms with Gasteiger partial charge in [-0.05, 0) is 24.1 Å². The van der Waals surface area contributed by atoms with Gasteiger partial charge in [0, 0.05) is 5.03 Å². The lowest BCUT2D eigenvalue weighted by Gasteiger charge is -1.97. The summed E-state index contributed by atoms with van der Waals surface area (Å²) in [5.74, 6) is 0. The van der Waals surface area contributed by atoms with Crippen molar-refractivity contribution in [2.24, 2.45) is 0 Å². The van der Waals surface area contributed by atoms with Crippen molar-refractivity contribution >= 4 is 17.7 Å². The van der Waals surface area contributed by atoms with Crippen molar-refractivity contribution in [2.45, 2.75) is 6.92 Å². The van der Waals surface area contributed by atoms with E-state index in [1.807, 2.05) is 24.3 Å². The predicted molar refractivity (Wildman–Crippen MR) is 55.2 cm³/mol. The summed E-state index contributed by atoms with van der Waals surface area (Å²) < 4.78 is 0.